The van der Waals surface area contributed by atoms with Crippen LogP contribution in [0, 0.1) is 47.3 Å². The number of anilines is 6. The van der Waals surface area contributed by atoms with E-state index in [-0.39, 0.29) is 16.2 Å². The fraction of sp³-hybridized carbons (Fsp3) is 0.193. The quantitative estimate of drug-likeness (QED) is 0.114. The third-order valence-electron chi connectivity index (χ3n) is 30.9. The van der Waals surface area contributed by atoms with Crippen molar-refractivity contribution in [3.63, 3.8) is 0 Å². The second-order valence-electron chi connectivity index (χ2n) is 37.5. The van der Waals surface area contributed by atoms with E-state index in [4.69, 9.17) is 0 Å². The van der Waals surface area contributed by atoms with Gasteiger partial charge in [-0.2, -0.15) is 0 Å². The lowest BCUT2D eigenvalue weighted by Gasteiger charge is -2.61. The first kappa shape index (κ1) is 72.2. The predicted octanol–water partition coefficient (Wildman–Crippen LogP) is 31.7. The maximum atomic E-state index is 2.55. The van der Waals surface area contributed by atoms with Gasteiger partial charge < -0.3 is 9.80 Å². The first-order valence-electron chi connectivity index (χ1n) is 44.8. The zero-order chi connectivity index (χ0) is 80.1. The lowest BCUT2D eigenvalue weighted by atomic mass is 9.43. The maximum Gasteiger partial charge on any atom is 0.0467 e. The summed E-state index contributed by atoms with van der Waals surface area (Å²) in [5.41, 5.74) is 42.4. The number of hydrogen-bond donors (Lipinski definition) is 0. The van der Waals surface area contributed by atoms with Gasteiger partial charge >= 0.3 is 0 Å². The molecule has 0 radical (unpaired) electrons. The van der Waals surface area contributed by atoms with Gasteiger partial charge in [0.05, 0.1) is 0 Å². The normalized spacial score (nSPS) is 22.4. The molecule has 16 aromatic rings. The lowest BCUT2D eigenvalue weighted by molar-refractivity contribution is -0.0399. The predicted molar refractivity (Wildman–Crippen MR) is 504 cm³/mol. The van der Waals surface area contributed by atoms with Crippen molar-refractivity contribution < 1.29 is 0 Å². The maximum absolute atomic E-state index is 2.55. The van der Waals surface area contributed by atoms with Gasteiger partial charge in [-0.05, 0) is 347 Å². The van der Waals surface area contributed by atoms with Gasteiger partial charge in [-0.15, -0.1) is 0 Å². The minimum Gasteiger partial charge on any atom is -0.310 e. The summed E-state index contributed by atoms with van der Waals surface area (Å²) in [4.78, 5) is 4.80. The number of rotatable bonds is 13. The molecular formula is C119H98N2. The molecule has 0 saturated heterocycles. The van der Waals surface area contributed by atoms with E-state index >= 15 is 0 Å². The highest BCUT2D eigenvalue weighted by molar-refractivity contribution is 5.91. The van der Waals surface area contributed by atoms with Gasteiger partial charge in [0.2, 0.25) is 0 Å². The Morgan fingerprint density at radius 2 is 0.430 bits per heavy atom. The highest BCUT2D eigenvalue weighted by atomic mass is 15.1. The summed E-state index contributed by atoms with van der Waals surface area (Å²) in [6.45, 7) is 4.73. The van der Waals surface area contributed by atoms with Crippen molar-refractivity contribution in [3.8, 4) is 111 Å². The monoisotopic (exact) mass is 1550 g/mol. The molecule has 11 aliphatic carbocycles. The summed E-state index contributed by atoms with van der Waals surface area (Å²) in [6.07, 6.45) is 14.3. The first-order chi connectivity index (χ1) is 59.6. The van der Waals surface area contributed by atoms with Crippen LogP contribution in [0.2, 0.25) is 0 Å². The number of hydrogen-bond acceptors (Lipinski definition) is 2. The molecule has 121 heavy (non-hydrogen) atoms. The van der Waals surface area contributed by atoms with Gasteiger partial charge in [0.25, 0.3) is 0 Å². The molecule has 0 atom stereocenters. The third-order valence-corrected chi connectivity index (χ3v) is 30.9. The fourth-order valence-corrected chi connectivity index (χ4v) is 26.1. The minimum absolute atomic E-state index is 0.0814. The molecule has 11 aliphatic rings. The van der Waals surface area contributed by atoms with Crippen LogP contribution in [0.4, 0.5) is 34.1 Å². The number of nitrogens with zero attached hydrogens (tertiary/aromatic N) is 2. The van der Waals surface area contributed by atoms with Crippen LogP contribution in [0.3, 0.4) is 0 Å². The van der Waals surface area contributed by atoms with Gasteiger partial charge in [0.15, 0.2) is 0 Å². The Hall–Kier alpha value is -12.9. The van der Waals surface area contributed by atoms with E-state index < -0.39 is 0 Å². The smallest absolute Gasteiger partial charge is 0.0467 e. The molecule has 0 unspecified atom stereocenters. The Labute approximate surface area is 713 Å². The van der Waals surface area contributed by atoms with E-state index in [2.05, 4.69) is 412 Å². The van der Waals surface area contributed by atoms with Crippen LogP contribution in [-0.2, 0) is 16.2 Å². The van der Waals surface area contributed by atoms with Crippen LogP contribution in [0.5, 0.6) is 0 Å². The summed E-state index contributed by atoms with van der Waals surface area (Å²) >= 11 is 0. The molecule has 0 N–H and O–H groups in total. The molecule has 2 spiro atoms. The summed E-state index contributed by atoms with van der Waals surface area (Å²) in [5, 5.41) is 0. The molecule has 0 aliphatic heterocycles. The van der Waals surface area contributed by atoms with Crippen LogP contribution in [0.1, 0.15) is 111 Å². The van der Waals surface area contributed by atoms with Crippen molar-refractivity contribution in [3.05, 3.63) is 422 Å². The van der Waals surface area contributed by atoms with Crippen LogP contribution in [0.25, 0.3) is 111 Å². The molecule has 27 rings (SSSR count). The molecule has 0 aromatic heterocycles. The van der Waals surface area contributed by atoms with Crippen LogP contribution < -0.4 is 9.80 Å². The van der Waals surface area contributed by atoms with E-state index in [1.807, 2.05) is 0 Å². The van der Waals surface area contributed by atoms with E-state index in [1.165, 1.54) is 192 Å². The molecule has 2 nitrogen and oxygen atoms in total. The lowest BCUT2D eigenvalue weighted by Crippen LogP contribution is -2.55. The molecule has 584 valence electrons. The minimum atomic E-state index is -0.0814. The molecule has 8 saturated carbocycles. The van der Waals surface area contributed by atoms with Gasteiger partial charge in [-0.1, -0.05) is 311 Å². The van der Waals surface area contributed by atoms with Gasteiger partial charge in [-0.3, -0.25) is 0 Å². The topological polar surface area (TPSA) is 6.48 Å². The van der Waals surface area contributed by atoms with Crippen LogP contribution in [-0.4, -0.2) is 0 Å². The van der Waals surface area contributed by atoms with Gasteiger partial charge in [0, 0.05) is 50.4 Å². The zero-order valence-electron chi connectivity index (χ0n) is 69.0. The van der Waals surface area contributed by atoms with E-state index in [9.17, 15) is 0 Å². The second-order valence-corrected chi connectivity index (χ2v) is 37.5. The number of benzene rings is 16. The standard InChI is InChI=1S/C61H51N.C58H47N/c1-60(2)56-14-8-6-12-52(56)54-30-29-51(38-59(54)60)62(49-25-20-43(21-26-49)41-10-4-3-5-11-41)50-27-22-44(23-28-50)42-16-18-45(19-17-42)46-24-31-58-55(37-46)53-13-7-9-15-57(53)61(58)47-33-39-32-40(35-47)36-48(61)34-39;1-3-11-41(12-4-1)43-21-26-51(27-22-43)59(52-28-23-44(24-29-52)42-13-5-2-6-14-42)53-18-10-17-47(37-53)45-15-9-16-46(36-45)48-25-30-57-55(38-48)54-19-7-8-20-56(54)58(57)49-32-39-31-40(34-49)35-50(58)33-39/h3-31,37-40,47-48H,32-36H2,1-2H3;1-30,36-40,49-50H,31-35H2. The Morgan fingerprint density at radius 1 is 0.174 bits per heavy atom. The molecule has 0 amide bonds. The summed E-state index contributed by atoms with van der Waals surface area (Å²) in [5.74, 6) is 6.98. The van der Waals surface area contributed by atoms with Crippen LogP contribution in [0.15, 0.2) is 388 Å². The van der Waals surface area contributed by atoms with Crippen molar-refractivity contribution in [1.29, 1.82) is 0 Å². The summed E-state index contributed by atoms with van der Waals surface area (Å²) < 4.78 is 0. The van der Waals surface area contributed by atoms with Crippen molar-refractivity contribution >= 4 is 34.1 Å². The summed E-state index contributed by atoms with van der Waals surface area (Å²) in [7, 11) is 0. The van der Waals surface area contributed by atoms with Crippen molar-refractivity contribution in [1.82, 2.24) is 0 Å². The van der Waals surface area contributed by atoms with E-state index in [0.717, 1.165) is 75.8 Å². The van der Waals surface area contributed by atoms with Crippen LogP contribution >= 0.6 is 0 Å². The molecule has 0 heterocycles. The second kappa shape index (κ2) is 28.7. The van der Waals surface area contributed by atoms with E-state index in [1.54, 1.807) is 22.3 Å². The van der Waals surface area contributed by atoms with E-state index in [0.29, 0.717) is 0 Å². The van der Waals surface area contributed by atoms with Gasteiger partial charge in [-0.25, -0.2) is 0 Å². The fourth-order valence-electron chi connectivity index (χ4n) is 26.1. The Balaban J connectivity index is 0.000000137. The third kappa shape index (κ3) is 11.8. The van der Waals surface area contributed by atoms with Crippen molar-refractivity contribution in [2.75, 3.05) is 9.80 Å². The van der Waals surface area contributed by atoms with Gasteiger partial charge in [0.1, 0.15) is 0 Å². The highest BCUT2D eigenvalue weighted by Crippen LogP contribution is 2.72. The Bertz CT molecular complexity index is 6510. The average Bonchev–Trinajstić information content (AvgIpc) is 1.53. The summed E-state index contributed by atoms with van der Waals surface area (Å²) in [6, 6.07) is 146. The Kier molecular flexibility index (Phi) is 17.1. The zero-order valence-corrected chi connectivity index (χ0v) is 69.0. The average molecular weight is 1560 g/mol. The largest absolute Gasteiger partial charge is 0.310 e. The van der Waals surface area contributed by atoms with Crippen molar-refractivity contribution in [2.45, 2.75) is 94.3 Å². The number of fused-ring (bicyclic) bond motifs is 9. The molecular weight excluding hydrogens is 1460 g/mol. The molecule has 2 heteroatoms. The SMILES string of the molecule is CC1(C)c2ccccc2-c2ccc(N(c3ccc(-c4ccccc4)cc3)c3ccc(-c4ccc(-c5ccc6c(c5)-c5ccccc5C65C6CC7CC(C6)CC5C7)cc4)cc3)cc21.c1ccc(-c2ccc(N(c3ccc(-c4ccccc4)cc3)c3cccc(-c4cccc(-c5ccc6c(c5)-c5ccccc5C65C6CC7CC(C6)CC5C7)c4)c3)cc2)cc1. The van der Waals surface area contributed by atoms with Crippen molar-refractivity contribution in [2.24, 2.45) is 47.3 Å². The molecule has 8 fully saturated rings. The molecule has 16 aromatic carbocycles. The molecule has 8 bridgehead atoms. The highest BCUT2D eigenvalue weighted by Gasteiger charge is 2.63. The first-order valence-corrected chi connectivity index (χ1v) is 44.8. The Morgan fingerprint density at radius 3 is 0.826 bits per heavy atom.